The van der Waals surface area contributed by atoms with Crippen LogP contribution in [-0.4, -0.2) is 12.4 Å². The van der Waals surface area contributed by atoms with Crippen LogP contribution in [0.1, 0.15) is 24.9 Å². The molecule has 2 aromatic rings. The number of rotatable bonds is 5. The number of ether oxygens (including phenoxy) is 1. The molecule has 2 nitrogen and oxygen atoms in total. The Bertz CT molecular complexity index is 632. The molecular formula is C17H18ClNOS. The lowest BCUT2D eigenvalue weighted by molar-refractivity contribution is 0.318. The van der Waals surface area contributed by atoms with E-state index < -0.39 is 0 Å². The van der Waals surface area contributed by atoms with Crippen molar-refractivity contribution in [1.29, 1.82) is 0 Å². The number of fused-ring (bicyclic) bond motifs is 1. The van der Waals surface area contributed by atoms with Gasteiger partial charge in [0.2, 0.25) is 0 Å². The van der Waals surface area contributed by atoms with E-state index in [9.17, 15) is 0 Å². The molecule has 21 heavy (non-hydrogen) atoms. The van der Waals surface area contributed by atoms with Crippen molar-refractivity contribution >= 4 is 29.1 Å². The maximum absolute atomic E-state index is 6.14. The molecule has 110 valence electrons. The van der Waals surface area contributed by atoms with Crippen molar-refractivity contribution in [2.24, 2.45) is 0 Å². The molecule has 0 radical (unpaired) electrons. The highest BCUT2D eigenvalue weighted by molar-refractivity contribution is 7.99. The molecule has 1 N–H and O–H groups in total. The van der Waals surface area contributed by atoms with E-state index in [-0.39, 0.29) is 0 Å². The van der Waals surface area contributed by atoms with E-state index in [4.69, 9.17) is 16.3 Å². The van der Waals surface area contributed by atoms with E-state index in [0.717, 1.165) is 28.6 Å². The fraction of sp³-hybridized carbons (Fsp3) is 0.294. The average Bonchev–Trinajstić information content (AvgIpc) is 2.90. The van der Waals surface area contributed by atoms with Crippen molar-refractivity contribution in [3.05, 3.63) is 53.1 Å². The third-order valence-corrected chi connectivity index (χ3v) is 4.85. The molecule has 0 spiro atoms. The Balaban J connectivity index is 1.83. The number of halogens is 1. The molecule has 0 aromatic heterocycles. The molecule has 1 atom stereocenters. The van der Waals surface area contributed by atoms with Crippen LogP contribution in [0.2, 0.25) is 5.02 Å². The highest BCUT2D eigenvalue weighted by Crippen LogP contribution is 2.41. The summed E-state index contributed by atoms with van der Waals surface area (Å²) in [6, 6.07) is 14.6. The van der Waals surface area contributed by atoms with Crippen LogP contribution >= 0.6 is 23.4 Å². The van der Waals surface area contributed by atoms with Crippen LogP contribution in [0.3, 0.4) is 0 Å². The summed E-state index contributed by atoms with van der Waals surface area (Å²) in [5.74, 6) is 1.90. The Morgan fingerprint density at radius 3 is 3.00 bits per heavy atom. The van der Waals surface area contributed by atoms with Gasteiger partial charge in [-0.15, -0.1) is 11.8 Å². The summed E-state index contributed by atoms with van der Waals surface area (Å²) in [4.78, 5) is 1.35. The van der Waals surface area contributed by atoms with Crippen LogP contribution in [0.15, 0.2) is 47.4 Å². The van der Waals surface area contributed by atoms with Gasteiger partial charge in [-0.25, -0.2) is 0 Å². The first kappa shape index (κ1) is 14.6. The number of hydrogen-bond donors (Lipinski definition) is 1. The van der Waals surface area contributed by atoms with Crippen LogP contribution in [0.25, 0.3) is 0 Å². The van der Waals surface area contributed by atoms with Crippen molar-refractivity contribution in [3.63, 3.8) is 0 Å². The fourth-order valence-electron chi connectivity index (χ4n) is 2.42. The zero-order valence-corrected chi connectivity index (χ0v) is 13.5. The summed E-state index contributed by atoms with van der Waals surface area (Å²) in [5, 5.41) is 4.31. The highest BCUT2D eigenvalue weighted by Gasteiger charge is 2.23. The fourth-order valence-corrected chi connectivity index (χ4v) is 3.76. The molecule has 4 heteroatoms. The summed E-state index contributed by atoms with van der Waals surface area (Å²) < 4.78 is 5.81. The molecule has 0 saturated heterocycles. The van der Waals surface area contributed by atoms with Gasteiger partial charge in [-0.3, -0.25) is 0 Å². The zero-order chi connectivity index (χ0) is 14.7. The average molecular weight is 320 g/mol. The molecule has 1 unspecified atom stereocenters. The van der Waals surface area contributed by atoms with Crippen molar-refractivity contribution in [2.45, 2.75) is 24.3 Å². The number of nitrogens with one attached hydrogen (secondary N) is 1. The normalized spacial score (nSPS) is 16.6. The summed E-state index contributed by atoms with van der Waals surface area (Å²) in [7, 11) is 0. The molecule has 0 amide bonds. The van der Waals surface area contributed by atoms with Crippen molar-refractivity contribution in [3.8, 4) is 5.75 Å². The summed E-state index contributed by atoms with van der Waals surface area (Å²) in [6.07, 6.45) is 0.990. The lowest BCUT2D eigenvalue weighted by atomic mass is 10.1. The van der Waals surface area contributed by atoms with Crippen molar-refractivity contribution < 1.29 is 4.74 Å². The molecule has 0 fully saturated rings. The standard InChI is InChI=1S/C17H18ClNOS/c1-2-9-20-16-8-7-12(18)10-14(16)19-15-11-21-17-6-4-3-5-13(15)17/h3-8,10,15,19H,2,9,11H2,1H3. The minimum absolute atomic E-state index is 0.300. The smallest absolute Gasteiger partial charge is 0.142 e. The third kappa shape index (κ3) is 3.30. The van der Waals surface area contributed by atoms with E-state index >= 15 is 0 Å². The van der Waals surface area contributed by atoms with Gasteiger partial charge in [0.15, 0.2) is 0 Å². The summed E-state index contributed by atoms with van der Waals surface area (Å²) in [6.45, 7) is 2.82. The summed E-state index contributed by atoms with van der Waals surface area (Å²) >= 11 is 8.02. The zero-order valence-electron chi connectivity index (χ0n) is 11.9. The Kier molecular flexibility index (Phi) is 4.61. The molecular weight excluding hydrogens is 302 g/mol. The number of thioether (sulfide) groups is 1. The highest BCUT2D eigenvalue weighted by atomic mass is 35.5. The van der Waals surface area contributed by atoms with Crippen molar-refractivity contribution in [2.75, 3.05) is 17.7 Å². The Hall–Kier alpha value is -1.32. The molecule has 0 saturated carbocycles. The van der Waals surface area contributed by atoms with E-state index in [1.165, 1.54) is 10.5 Å². The Morgan fingerprint density at radius 1 is 1.29 bits per heavy atom. The molecule has 1 aliphatic rings. The Labute approximate surface area is 134 Å². The van der Waals surface area contributed by atoms with Gasteiger partial charge in [-0.2, -0.15) is 0 Å². The van der Waals surface area contributed by atoms with E-state index in [1.54, 1.807) is 0 Å². The van der Waals surface area contributed by atoms with Crippen LogP contribution < -0.4 is 10.1 Å². The molecule has 3 rings (SSSR count). The molecule has 0 aliphatic carbocycles. The molecule has 1 aliphatic heterocycles. The molecule has 0 bridgehead atoms. The van der Waals surface area contributed by atoms with Gasteiger partial charge in [0.1, 0.15) is 5.75 Å². The van der Waals surface area contributed by atoms with Crippen LogP contribution in [-0.2, 0) is 0 Å². The maximum atomic E-state index is 6.14. The first-order valence-corrected chi connectivity index (χ1v) is 8.55. The van der Waals surface area contributed by atoms with Gasteiger partial charge in [-0.1, -0.05) is 36.7 Å². The lowest BCUT2D eigenvalue weighted by Crippen LogP contribution is -2.11. The van der Waals surface area contributed by atoms with Gasteiger partial charge in [0.25, 0.3) is 0 Å². The third-order valence-electron chi connectivity index (χ3n) is 3.43. The summed E-state index contributed by atoms with van der Waals surface area (Å²) in [5.41, 5.74) is 2.32. The van der Waals surface area contributed by atoms with Gasteiger partial charge >= 0.3 is 0 Å². The second kappa shape index (κ2) is 6.63. The van der Waals surface area contributed by atoms with E-state index in [0.29, 0.717) is 12.6 Å². The second-order valence-corrected chi connectivity index (χ2v) is 6.53. The van der Waals surface area contributed by atoms with Gasteiger partial charge < -0.3 is 10.1 Å². The maximum Gasteiger partial charge on any atom is 0.142 e. The number of benzene rings is 2. The number of anilines is 1. The van der Waals surface area contributed by atoms with Crippen LogP contribution in [0.5, 0.6) is 5.75 Å². The predicted octanol–water partition coefficient (Wildman–Crippen LogP) is 5.39. The lowest BCUT2D eigenvalue weighted by Gasteiger charge is -2.18. The minimum atomic E-state index is 0.300. The molecule has 2 aromatic carbocycles. The molecule has 1 heterocycles. The minimum Gasteiger partial charge on any atom is -0.491 e. The SMILES string of the molecule is CCCOc1ccc(Cl)cc1NC1CSc2ccccc21. The second-order valence-electron chi connectivity index (χ2n) is 5.03. The van der Waals surface area contributed by atoms with Gasteiger partial charge in [-0.05, 0) is 36.2 Å². The first-order valence-electron chi connectivity index (χ1n) is 7.18. The first-order chi connectivity index (χ1) is 10.3. The topological polar surface area (TPSA) is 21.3 Å². The van der Waals surface area contributed by atoms with Crippen LogP contribution in [0, 0.1) is 0 Å². The largest absolute Gasteiger partial charge is 0.491 e. The van der Waals surface area contributed by atoms with Crippen molar-refractivity contribution in [1.82, 2.24) is 0 Å². The van der Waals surface area contributed by atoms with Crippen LogP contribution in [0.4, 0.5) is 5.69 Å². The monoisotopic (exact) mass is 319 g/mol. The van der Waals surface area contributed by atoms with E-state index in [1.807, 2.05) is 30.0 Å². The van der Waals surface area contributed by atoms with E-state index in [2.05, 4.69) is 36.5 Å². The van der Waals surface area contributed by atoms with Gasteiger partial charge in [0, 0.05) is 15.7 Å². The predicted molar refractivity (Wildman–Crippen MR) is 90.8 cm³/mol. The quantitative estimate of drug-likeness (QED) is 0.798. The number of hydrogen-bond acceptors (Lipinski definition) is 3. The van der Waals surface area contributed by atoms with Gasteiger partial charge in [0.05, 0.1) is 18.3 Å². The Morgan fingerprint density at radius 2 is 2.14 bits per heavy atom.